The van der Waals surface area contributed by atoms with Gasteiger partial charge in [-0.1, -0.05) is 0 Å². The summed E-state index contributed by atoms with van der Waals surface area (Å²) >= 11 is 0. The molecule has 2 aliphatic heterocycles. The Kier molecular flexibility index (Phi) is 8.82. The molecule has 6 heterocycles. The molecular formula is C21H28N10O12P2. The van der Waals surface area contributed by atoms with Gasteiger partial charge in [-0.3, -0.25) is 22.7 Å². The molecule has 22 nitrogen and oxygen atoms in total. The highest BCUT2D eigenvalue weighted by Gasteiger charge is 2.51. The fraction of sp³-hybridized carbons (Fsp3) is 0.524. The van der Waals surface area contributed by atoms with Gasteiger partial charge < -0.3 is 50.8 Å². The number of phosphoric acid groups is 1. The van der Waals surface area contributed by atoms with Crippen molar-refractivity contribution in [2.75, 3.05) is 31.0 Å². The van der Waals surface area contributed by atoms with Gasteiger partial charge in [-0.15, -0.1) is 0 Å². The van der Waals surface area contributed by atoms with Crippen LogP contribution in [0.5, 0.6) is 0 Å². The molecule has 0 spiro atoms. The van der Waals surface area contributed by atoms with Crippen molar-refractivity contribution in [1.29, 1.82) is 0 Å². The average Bonchev–Trinajstić information content (AvgIpc) is 3.76. The van der Waals surface area contributed by atoms with Crippen LogP contribution in [0, 0.1) is 0 Å². The van der Waals surface area contributed by atoms with Crippen molar-refractivity contribution < 1.29 is 57.5 Å². The van der Waals surface area contributed by atoms with E-state index in [0.29, 0.717) is 0 Å². The third kappa shape index (κ3) is 6.03. The second kappa shape index (κ2) is 12.5. The van der Waals surface area contributed by atoms with Crippen molar-refractivity contribution in [1.82, 2.24) is 39.0 Å². The van der Waals surface area contributed by atoms with Crippen molar-refractivity contribution in [3.8, 4) is 0 Å². The second-order valence-corrected chi connectivity index (χ2v) is 12.4. The predicted octanol–water partition coefficient (Wildman–Crippen LogP) is -2.35. The summed E-state index contributed by atoms with van der Waals surface area (Å²) in [6.45, 7) is -1.41. The zero-order valence-corrected chi connectivity index (χ0v) is 24.7. The highest BCUT2D eigenvalue weighted by atomic mass is 31.2. The lowest BCUT2D eigenvalue weighted by Gasteiger charge is -2.25. The number of aromatic nitrogens is 8. The summed E-state index contributed by atoms with van der Waals surface area (Å²) in [5.74, 6) is 0.111. The Hall–Kier alpha value is -3.24. The van der Waals surface area contributed by atoms with Gasteiger partial charge in [0.05, 0.1) is 25.9 Å². The lowest BCUT2D eigenvalue weighted by atomic mass is 10.1. The van der Waals surface area contributed by atoms with Crippen LogP contribution in [0.4, 0.5) is 11.6 Å². The van der Waals surface area contributed by atoms with Crippen molar-refractivity contribution in [2.24, 2.45) is 0 Å². The molecule has 6 rings (SSSR count). The fourth-order valence-corrected chi connectivity index (χ4v) is 6.40. The number of rotatable bonds is 11. The molecule has 0 radical (unpaired) electrons. The number of nitrogens with zero attached hydrogens (tertiary/aromatic N) is 8. The maximum absolute atomic E-state index is 13.2. The maximum Gasteiger partial charge on any atom is 0.472 e. The lowest BCUT2D eigenvalue weighted by Crippen LogP contribution is -2.37. The number of phosphoric ester groups is 1. The number of nitrogens with two attached hydrogens (primary N) is 2. The molecule has 0 aliphatic carbocycles. The van der Waals surface area contributed by atoms with Crippen LogP contribution in [0.2, 0.25) is 0 Å². The van der Waals surface area contributed by atoms with E-state index in [2.05, 4.69) is 29.9 Å². The van der Waals surface area contributed by atoms with E-state index in [1.165, 1.54) is 28.1 Å². The van der Waals surface area contributed by atoms with Crippen molar-refractivity contribution in [3.05, 3.63) is 25.3 Å². The number of hydrogen-bond acceptors (Lipinski definition) is 18. The van der Waals surface area contributed by atoms with Gasteiger partial charge in [0, 0.05) is 0 Å². The van der Waals surface area contributed by atoms with Gasteiger partial charge in [-0.25, -0.2) is 34.5 Å². The molecule has 4 aromatic heterocycles. The van der Waals surface area contributed by atoms with Gasteiger partial charge >= 0.3 is 7.82 Å². The summed E-state index contributed by atoms with van der Waals surface area (Å²) in [6, 6.07) is 0. The van der Waals surface area contributed by atoms with E-state index in [-0.39, 0.29) is 34.0 Å². The first-order valence-electron chi connectivity index (χ1n) is 13.1. The third-order valence-corrected chi connectivity index (χ3v) is 8.58. The quantitative estimate of drug-likeness (QED) is 0.0819. The summed E-state index contributed by atoms with van der Waals surface area (Å²) in [7, 11) is -8.23. The first-order valence-corrected chi connectivity index (χ1v) is 16.2. The SMILES string of the molecule is Nc1ncnc2c1ncn2[C@@H]1O[C@H](COP(=O)(O)O[C@H]2C(O)[C@@H](CO)O[C@H]2n2cnc3c(N)ncnc32)C(OC[PH](=O)O)[C@@H]1O. The molecule has 2 aliphatic rings. The molecule has 0 bridgehead atoms. The minimum Gasteiger partial charge on any atom is -0.394 e. The average molecular weight is 674 g/mol. The minimum atomic E-state index is -5.08. The molecule has 2 saturated heterocycles. The molecule has 0 saturated carbocycles. The zero-order chi connectivity index (χ0) is 32.0. The van der Waals surface area contributed by atoms with Crippen LogP contribution in [0.15, 0.2) is 25.3 Å². The van der Waals surface area contributed by atoms with Crippen LogP contribution in [0.25, 0.3) is 22.3 Å². The van der Waals surface area contributed by atoms with E-state index >= 15 is 0 Å². The number of nitrogen functional groups attached to an aromatic ring is 2. The van der Waals surface area contributed by atoms with Gasteiger partial charge in [0.1, 0.15) is 66.7 Å². The first kappa shape index (κ1) is 31.7. The lowest BCUT2D eigenvalue weighted by molar-refractivity contribution is -0.0649. The molecule has 45 heavy (non-hydrogen) atoms. The molecule has 4 aromatic rings. The van der Waals surface area contributed by atoms with E-state index in [1.807, 2.05) is 0 Å². The van der Waals surface area contributed by atoms with Crippen LogP contribution in [-0.2, 0) is 32.4 Å². The highest BCUT2D eigenvalue weighted by molar-refractivity contribution is 7.47. The molecule has 244 valence electrons. The molecule has 4 unspecified atom stereocenters. The van der Waals surface area contributed by atoms with Crippen molar-refractivity contribution in [3.63, 3.8) is 0 Å². The third-order valence-electron chi connectivity index (χ3n) is 7.18. The Morgan fingerprint density at radius 2 is 1.47 bits per heavy atom. The van der Waals surface area contributed by atoms with E-state index in [1.54, 1.807) is 0 Å². The van der Waals surface area contributed by atoms with Crippen LogP contribution < -0.4 is 11.5 Å². The second-order valence-electron chi connectivity index (χ2n) is 9.96. The number of aliphatic hydroxyl groups excluding tert-OH is 3. The number of fused-ring (bicyclic) bond motifs is 2. The maximum atomic E-state index is 13.2. The Bertz CT molecular complexity index is 1760. The van der Waals surface area contributed by atoms with Crippen molar-refractivity contribution in [2.45, 2.75) is 49.1 Å². The van der Waals surface area contributed by atoms with Crippen molar-refractivity contribution >= 4 is 49.8 Å². The summed E-state index contributed by atoms with van der Waals surface area (Å²) < 4.78 is 54.7. The molecule has 9 N–H and O–H groups in total. The van der Waals surface area contributed by atoms with Crippen LogP contribution in [-0.4, -0.2) is 120 Å². The Labute approximate surface area is 252 Å². The Morgan fingerprint density at radius 3 is 2.04 bits per heavy atom. The number of ether oxygens (including phenoxy) is 3. The number of anilines is 2. The van der Waals surface area contributed by atoms with Crippen LogP contribution in [0.1, 0.15) is 12.5 Å². The van der Waals surface area contributed by atoms with E-state index in [0.717, 1.165) is 6.33 Å². The molecule has 10 atom stereocenters. The van der Waals surface area contributed by atoms with Gasteiger partial charge in [0.25, 0.3) is 0 Å². The van der Waals surface area contributed by atoms with Gasteiger partial charge in [-0.2, -0.15) is 0 Å². The largest absolute Gasteiger partial charge is 0.472 e. The molecular weight excluding hydrogens is 646 g/mol. The monoisotopic (exact) mass is 674 g/mol. The molecule has 2 fully saturated rings. The van der Waals surface area contributed by atoms with E-state index in [9.17, 15) is 34.2 Å². The summed E-state index contributed by atoms with van der Waals surface area (Å²) in [5, 5.41) is 31.6. The van der Waals surface area contributed by atoms with E-state index < -0.39 is 84.5 Å². The van der Waals surface area contributed by atoms with Crippen LogP contribution in [0.3, 0.4) is 0 Å². The Balaban J connectivity index is 1.21. The zero-order valence-electron chi connectivity index (χ0n) is 22.8. The van der Waals surface area contributed by atoms with Crippen LogP contribution >= 0.6 is 15.9 Å². The normalized spacial score (nSPS) is 30.7. The van der Waals surface area contributed by atoms with Gasteiger partial charge in [0.15, 0.2) is 35.4 Å². The Morgan fingerprint density at radius 1 is 0.889 bits per heavy atom. The molecule has 0 aromatic carbocycles. The summed E-state index contributed by atoms with van der Waals surface area (Å²) in [5.41, 5.74) is 12.4. The summed E-state index contributed by atoms with van der Waals surface area (Å²) in [4.78, 5) is 44.1. The predicted molar refractivity (Wildman–Crippen MR) is 148 cm³/mol. The fourth-order valence-electron chi connectivity index (χ4n) is 5.13. The standard InChI is InChI=1S/C21H28N10O12P2/c22-16-10-18(26-3-24-16)30(5-28-10)20-13(34)14(39-7-44(35)36)9(42-20)2-40-45(37,38)43-15-12(33)8(1-32)41-21(15)31-6-29-11-17(23)25-4-27-19(11)31/h3-6,8-9,12-15,20-21,32-34,44H,1-2,7H2,(H,35,36)(H,37,38)(H2,22,24,26)(H2,23,25,27)/t8-,9-,12?,13+,14?,15+,20-,21-/m1/s1. The van der Waals surface area contributed by atoms with E-state index in [4.69, 9.17) is 34.7 Å². The molecule has 24 heteroatoms. The summed E-state index contributed by atoms with van der Waals surface area (Å²) in [6.07, 6.45) is -6.94. The number of hydrogen-bond donors (Lipinski definition) is 7. The highest BCUT2D eigenvalue weighted by Crippen LogP contribution is 2.50. The smallest absolute Gasteiger partial charge is 0.394 e. The first-order chi connectivity index (χ1) is 21.5. The topological polar surface area (TPSA) is 321 Å². The number of aliphatic hydroxyl groups is 3. The molecule has 0 amide bonds. The van der Waals surface area contributed by atoms with Gasteiger partial charge in [-0.05, 0) is 0 Å². The minimum absolute atomic E-state index is 0.0459. The number of imidazole rings is 2. The van der Waals surface area contributed by atoms with Gasteiger partial charge in [0.2, 0.25) is 8.03 Å².